The number of carbonyl (C=O) groups is 1. The van der Waals surface area contributed by atoms with Gasteiger partial charge in [-0.3, -0.25) is 4.79 Å². The molecule has 2 aromatic rings. The van der Waals surface area contributed by atoms with Gasteiger partial charge in [0.05, 0.1) is 17.4 Å². The molecule has 1 fully saturated rings. The van der Waals surface area contributed by atoms with Crippen molar-refractivity contribution in [1.29, 1.82) is 0 Å². The molecule has 0 saturated carbocycles. The van der Waals surface area contributed by atoms with E-state index in [0.29, 0.717) is 41.5 Å². The van der Waals surface area contributed by atoms with Gasteiger partial charge in [-0.05, 0) is 44.1 Å². The van der Waals surface area contributed by atoms with Gasteiger partial charge in [-0.1, -0.05) is 11.4 Å². The van der Waals surface area contributed by atoms with Gasteiger partial charge >= 0.3 is 6.18 Å². The van der Waals surface area contributed by atoms with Crippen LogP contribution in [0.4, 0.5) is 19.0 Å². The molecule has 0 spiro atoms. The minimum absolute atomic E-state index is 0.0485. The van der Waals surface area contributed by atoms with E-state index in [1.807, 2.05) is 6.92 Å². The number of alkyl halides is 3. The molecule has 4 rings (SSSR count). The lowest BCUT2D eigenvalue weighted by Gasteiger charge is -2.32. The van der Waals surface area contributed by atoms with Gasteiger partial charge in [0.1, 0.15) is 10.7 Å². The molecule has 2 aliphatic heterocycles. The van der Waals surface area contributed by atoms with Crippen molar-refractivity contribution in [2.75, 3.05) is 11.9 Å². The van der Waals surface area contributed by atoms with Crippen molar-refractivity contribution in [1.82, 2.24) is 24.3 Å². The summed E-state index contributed by atoms with van der Waals surface area (Å²) in [4.78, 5) is 15.0. The number of nitrogens with one attached hydrogen (secondary N) is 1. The third kappa shape index (κ3) is 3.25. The van der Waals surface area contributed by atoms with E-state index in [0.717, 1.165) is 22.6 Å². The van der Waals surface area contributed by atoms with Crippen molar-refractivity contribution in [3.63, 3.8) is 0 Å². The summed E-state index contributed by atoms with van der Waals surface area (Å²) >= 11 is 1.04. The largest absolute Gasteiger partial charge is 0.410 e. The number of rotatable bonds is 3. The maximum Gasteiger partial charge on any atom is 0.410 e. The third-order valence-corrected chi connectivity index (χ3v) is 6.30. The Morgan fingerprint density at radius 3 is 2.86 bits per heavy atom. The topological polar surface area (TPSA) is 75.9 Å². The minimum atomic E-state index is -4.37. The summed E-state index contributed by atoms with van der Waals surface area (Å²) in [5.41, 5.74) is 1.06. The fraction of sp³-hybridized carbons (Fsp3) is 0.647. The summed E-state index contributed by atoms with van der Waals surface area (Å²) < 4.78 is 45.6. The fourth-order valence-electron chi connectivity index (χ4n) is 3.98. The van der Waals surface area contributed by atoms with Crippen molar-refractivity contribution in [3.05, 3.63) is 22.3 Å². The number of likely N-dealkylation sites (tertiary alicyclic amines) is 1. The molecule has 4 heterocycles. The van der Waals surface area contributed by atoms with Crippen LogP contribution in [0, 0.1) is 6.92 Å². The molecular weight excluding hydrogens is 393 g/mol. The van der Waals surface area contributed by atoms with Gasteiger partial charge in [0, 0.05) is 18.7 Å². The number of fused-ring (bicyclic) bond motifs is 1. The van der Waals surface area contributed by atoms with E-state index in [4.69, 9.17) is 0 Å². The van der Waals surface area contributed by atoms with Gasteiger partial charge in [-0.15, -0.1) is 5.10 Å². The van der Waals surface area contributed by atoms with Crippen molar-refractivity contribution < 1.29 is 18.0 Å². The van der Waals surface area contributed by atoms with Crippen molar-refractivity contribution in [2.24, 2.45) is 0 Å². The van der Waals surface area contributed by atoms with Crippen LogP contribution < -0.4 is 5.32 Å². The molecule has 3 atom stereocenters. The molecule has 0 aliphatic carbocycles. The highest BCUT2D eigenvalue weighted by molar-refractivity contribution is 7.07. The van der Waals surface area contributed by atoms with Gasteiger partial charge in [0.2, 0.25) is 0 Å². The van der Waals surface area contributed by atoms with Gasteiger partial charge in [-0.25, -0.2) is 4.68 Å². The minimum Gasteiger partial charge on any atom is -0.367 e. The summed E-state index contributed by atoms with van der Waals surface area (Å²) in [6.07, 6.45) is -2.38. The highest BCUT2D eigenvalue weighted by atomic mass is 32.1. The summed E-state index contributed by atoms with van der Waals surface area (Å²) in [5, 5.41) is 11.3. The predicted octanol–water partition coefficient (Wildman–Crippen LogP) is 3.72. The average Bonchev–Trinajstić information content (AvgIpc) is 3.37. The van der Waals surface area contributed by atoms with Gasteiger partial charge in [0.15, 0.2) is 6.04 Å². The Morgan fingerprint density at radius 1 is 1.43 bits per heavy atom. The van der Waals surface area contributed by atoms with Crippen LogP contribution in [-0.2, 0) is 0 Å². The first-order valence-electron chi connectivity index (χ1n) is 9.32. The molecule has 0 aromatic carbocycles. The Labute approximate surface area is 164 Å². The first kappa shape index (κ1) is 19.2. The van der Waals surface area contributed by atoms with Crippen LogP contribution in [0.25, 0.3) is 0 Å². The molecule has 0 radical (unpaired) electrons. The lowest BCUT2D eigenvalue weighted by molar-refractivity contribution is -0.173. The molecule has 1 amide bonds. The van der Waals surface area contributed by atoms with Crippen molar-refractivity contribution >= 4 is 23.3 Å². The Bertz CT molecular complexity index is 879. The van der Waals surface area contributed by atoms with Gasteiger partial charge in [0.25, 0.3) is 5.91 Å². The van der Waals surface area contributed by atoms with Gasteiger partial charge < -0.3 is 10.2 Å². The summed E-state index contributed by atoms with van der Waals surface area (Å²) in [5.74, 6) is 0.179. The second-order valence-electron chi connectivity index (χ2n) is 7.29. The van der Waals surface area contributed by atoms with Crippen LogP contribution in [0.2, 0.25) is 0 Å². The van der Waals surface area contributed by atoms with Crippen LogP contribution in [-0.4, -0.2) is 48.9 Å². The zero-order chi connectivity index (χ0) is 20.1. The first-order valence-corrected chi connectivity index (χ1v) is 10.1. The van der Waals surface area contributed by atoms with E-state index in [1.54, 1.807) is 17.9 Å². The van der Waals surface area contributed by atoms with Crippen molar-refractivity contribution in [2.45, 2.75) is 63.8 Å². The smallest absolute Gasteiger partial charge is 0.367 e. The second kappa shape index (κ2) is 7.02. The van der Waals surface area contributed by atoms with E-state index < -0.39 is 12.2 Å². The lowest BCUT2D eigenvalue weighted by atomic mass is 10.0. The highest BCUT2D eigenvalue weighted by Gasteiger charge is 2.46. The highest BCUT2D eigenvalue weighted by Crippen LogP contribution is 2.42. The third-order valence-electron chi connectivity index (χ3n) is 5.48. The molecule has 1 unspecified atom stereocenters. The standard InChI is InChI=1S/C17H21F3N6OS/c1-3-10-7-13(17(18,19)20)26-14(21-10)8-11(23-26)12-5-4-6-25(12)16(27)15-9(2)22-24-28-15/h8,10,12-13,21H,3-7H2,1-2H3/t10-,12?,13-/m1/s1. The molecule has 0 bridgehead atoms. The Hall–Kier alpha value is -2.17. The molecule has 11 heteroatoms. The number of hydrogen-bond donors (Lipinski definition) is 1. The molecule has 1 N–H and O–H groups in total. The second-order valence-corrected chi connectivity index (χ2v) is 8.04. The summed E-state index contributed by atoms with van der Waals surface area (Å²) in [6, 6.07) is -0.589. The summed E-state index contributed by atoms with van der Waals surface area (Å²) in [6.45, 7) is 4.12. The van der Waals surface area contributed by atoms with E-state index in [9.17, 15) is 18.0 Å². The Kier molecular flexibility index (Phi) is 4.80. The van der Waals surface area contributed by atoms with Crippen molar-refractivity contribution in [3.8, 4) is 0 Å². The number of nitrogens with zero attached hydrogens (tertiary/aromatic N) is 5. The number of hydrogen-bond acceptors (Lipinski definition) is 6. The van der Waals surface area contributed by atoms with E-state index in [-0.39, 0.29) is 24.4 Å². The quantitative estimate of drug-likeness (QED) is 0.829. The maximum absolute atomic E-state index is 13.6. The molecule has 152 valence electrons. The lowest BCUT2D eigenvalue weighted by Crippen LogP contribution is -2.39. The van der Waals surface area contributed by atoms with E-state index >= 15 is 0 Å². The van der Waals surface area contributed by atoms with E-state index in [2.05, 4.69) is 20.0 Å². The van der Waals surface area contributed by atoms with Crippen LogP contribution in [0.15, 0.2) is 6.07 Å². The molecule has 2 aliphatic rings. The maximum atomic E-state index is 13.6. The number of aromatic nitrogens is 4. The van der Waals surface area contributed by atoms with Crippen LogP contribution in [0.3, 0.4) is 0 Å². The Balaban J connectivity index is 1.66. The Morgan fingerprint density at radius 2 is 2.21 bits per heavy atom. The number of halogens is 3. The zero-order valence-corrected chi connectivity index (χ0v) is 16.3. The molecule has 7 nitrogen and oxygen atoms in total. The molecule has 1 saturated heterocycles. The van der Waals surface area contributed by atoms with Gasteiger partial charge in [-0.2, -0.15) is 18.3 Å². The zero-order valence-electron chi connectivity index (χ0n) is 15.5. The predicted molar refractivity (Wildman–Crippen MR) is 97.3 cm³/mol. The van der Waals surface area contributed by atoms with Crippen LogP contribution >= 0.6 is 11.5 Å². The summed E-state index contributed by atoms with van der Waals surface area (Å²) in [7, 11) is 0. The molecule has 28 heavy (non-hydrogen) atoms. The molecular formula is C17H21F3N6OS. The molecule has 2 aromatic heterocycles. The SMILES string of the molecule is CC[C@@H]1C[C@H](C(F)(F)F)n2nc(C3CCCN3C(=O)c3snnc3C)cc2N1. The monoisotopic (exact) mass is 414 g/mol. The number of carbonyl (C=O) groups excluding carboxylic acids is 1. The number of amides is 1. The number of anilines is 1. The average molecular weight is 414 g/mol. The van der Waals surface area contributed by atoms with Crippen LogP contribution in [0.5, 0.6) is 0 Å². The first-order chi connectivity index (χ1) is 13.3. The van der Waals surface area contributed by atoms with E-state index in [1.165, 1.54) is 0 Å². The fourth-order valence-corrected chi connectivity index (χ4v) is 4.59. The van der Waals surface area contributed by atoms with Crippen LogP contribution in [0.1, 0.15) is 65.8 Å². The number of aryl methyl sites for hydroxylation is 1. The normalized spacial score (nSPS) is 24.9.